The van der Waals surface area contributed by atoms with Crippen LogP contribution in [0.4, 0.5) is 11.4 Å². The largest absolute Gasteiger partial charge is 0.325 e. The molecule has 7 nitrogen and oxygen atoms in total. The Kier molecular flexibility index (Phi) is 6.41. The van der Waals surface area contributed by atoms with Crippen LogP contribution in [0.15, 0.2) is 65.0 Å². The van der Waals surface area contributed by atoms with Crippen molar-refractivity contribution >= 4 is 49.9 Å². The van der Waals surface area contributed by atoms with Crippen molar-refractivity contribution in [1.29, 1.82) is 0 Å². The quantitative estimate of drug-likeness (QED) is 0.710. The van der Waals surface area contributed by atoms with Crippen LogP contribution < -0.4 is 5.32 Å². The van der Waals surface area contributed by atoms with Gasteiger partial charge < -0.3 is 10.2 Å². The molecule has 32 heavy (non-hydrogen) atoms. The third kappa shape index (κ3) is 4.46. The topological polar surface area (TPSA) is 82.1 Å². The van der Waals surface area contributed by atoms with Crippen LogP contribution in [0.3, 0.4) is 0 Å². The van der Waals surface area contributed by atoms with Crippen molar-refractivity contribution in [3.8, 4) is 0 Å². The summed E-state index contributed by atoms with van der Waals surface area (Å²) in [5, 5.41) is 3.14. The molecule has 0 radical (unpaired) electrons. The van der Waals surface area contributed by atoms with E-state index in [2.05, 4.69) is 16.9 Å². The number of thioether (sulfide) groups is 1. The van der Waals surface area contributed by atoms with E-state index in [4.69, 9.17) is 0 Å². The van der Waals surface area contributed by atoms with Crippen LogP contribution in [-0.4, -0.2) is 54.1 Å². The zero-order valence-electron chi connectivity index (χ0n) is 18.1. The Morgan fingerprint density at radius 1 is 1.12 bits per heavy atom. The van der Waals surface area contributed by atoms with Gasteiger partial charge >= 0.3 is 0 Å². The molecule has 2 aromatic carbocycles. The van der Waals surface area contributed by atoms with Gasteiger partial charge in [-0.2, -0.15) is 4.31 Å². The fourth-order valence-electron chi connectivity index (χ4n) is 3.64. The number of amidine groups is 1. The first-order valence-electron chi connectivity index (χ1n) is 10.5. The number of para-hydroxylation sites is 1. The summed E-state index contributed by atoms with van der Waals surface area (Å²) in [6.07, 6.45) is 1.78. The normalized spacial score (nSPS) is 17.6. The molecule has 1 fully saturated rings. The molecular formula is C23H26N4O3S2. The van der Waals surface area contributed by atoms with E-state index in [1.807, 2.05) is 43.1 Å². The van der Waals surface area contributed by atoms with Crippen LogP contribution in [0.2, 0.25) is 0 Å². The smallest absolute Gasteiger partial charge is 0.243 e. The van der Waals surface area contributed by atoms with Crippen molar-refractivity contribution in [1.82, 2.24) is 9.21 Å². The summed E-state index contributed by atoms with van der Waals surface area (Å²) in [4.78, 5) is 19.6. The zero-order chi connectivity index (χ0) is 22.9. The van der Waals surface area contributed by atoms with E-state index in [0.717, 1.165) is 29.8 Å². The van der Waals surface area contributed by atoms with Crippen LogP contribution in [0.1, 0.15) is 25.3 Å². The van der Waals surface area contributed by atoms with Crippen molar-refractivity contribution in [3.63, 3.8) is 0 Å². The molecule has 0 bridgehead atoms. The third-order valence-electron chi connectivity index (χ3n) is 5.60. The number of nitrogens with one attached hydrogen (secondary N) is 1. The monoisotopic (exact) mass is 470 g/mol. The lowest BCUT2D eigenvalue weighted by Crippen LogP contribution is -2.30. The minimum atomic E-state index is -3.47. The number of rotatable bonds is 5. The Bertz CT molecular complexity index is 1170. The molecule has 0 aliphatic carbocycles. The fourth-order valence-corrected chi connectivity index (χ4v) is 6.06. The van der Waals surface area contributed by atoms with Crippen molar-refractivity contribution in [2.75, 3.05) is 25.5 Å². The molecule has 4 rings (SSSR count). The SMILES string of the molecule is C=C1c2ccccc2N=C(SC(C)C(=O)Nc2ccc(S(=O)(=O)N3CCCC3)cc2)N1C. The first kappa shape index (κ1) is 22.6. The van der Waals surface area contributed by atoms with Crippen LogP contribution in [0.25, 0.3) is 5.70 Å². The number of anilines is 1. The average molecular weight is 471 g/mol. The standard InChI is InChI=1S/C23H26N4O3S2/c1-16-20-8-4-5-9-21(20)25-23(26(16)3)31-17(2)22(28)24-18-10-12-19(13-11-18)32(29,30)27-14-6-7-15-27/h4-5,8-13,17H,1,6-7,14-15H2,2-3H3,(H,24,28). The van der Waals surface area contributed by atoms with Crippen molar-refractivity contribution in [2.24, 2.45) is 4.99 Å². The van der Waals surface area contributed by atoms with Gasteiger partial charge in [-0.05, 0) is 50.1 Å². The third-order valence-corrected chi connectivity index (χ3v) is 8.66. The van der Waals surface area contributed by atoms with E-state index < -0.39 is 15.3 Å². The maximum Gasteiger partial charge on any atom is 0.243 e. The summed E-state index contributed by atoms with van der Waals surface area (Å²) in [5.74, 6) is -0.189. The lowest BCUT2D eigenvalue weighted by molar-refractivity contribution is -0.115. The second kappa shape index (κ2) is 9.09. The van der Waals surface area contributed by atoms with E-state index in [0.29, 0.717) is 23.9 Å². The minimum Gasteiger partial charge on any atom is -0.325 e. The molecule has 9 heteroatoms. The van der Waals surface area contributed by atoms with Gasteiger partial charge in [-0.15, -0.1) is 0 Å². The van der Waals surface area contributed by atoms with Gasteiger partial charge in [0, 0.05) is 37.1 Å². The first-order chi connectivity index (χ1) is 15.3. The number of aliphatic imine (C=N–C) groups is 1. The molecule has 2 aliphatic heterocycles. The zero-order valence-corrected chi connectivity index (χ0v) is 19.7. The highest BCUT2D eigenvalue weighted by atomic mass is 32.2. The number of sulfonamides is 1. The van der Waals surface area contributed by atoms with Gasteiger partial charge in [0.05, 0.1) is 15.8 Å². The lowest BCUT2D eigenvalue weighted by Gasteiger charge is -2.29. The highest BCUT2D eigenvalue weighted by Crippen LogP contribution is 2.35. The summed E-state index contributed by atoms with van der Waals surface area (Å²) in [7, 11) is -1.59. The lowest BCUT2D eigenvalue weighted by atomic mass is 10.1. The predicted octanol–water partition coefficient (Wildman–Crippen LogP) is 4.14. The molecule has 168 valence electrons. The Balaban J connectivity index is 1.42. The molecular weight excluding hydrogens is 444 g/mol. The maximum atomic E-state index is 12.8. The Morgan fingerprint density at radius 2 is 1.78 bits per heavy atom. The summed E-state index contributed by atoms with van der Waals surface area (Å²) in [6, 6.07) is 14.1. The minimum absolute atomic E-state index is 0.189. The summed E-state index contributed by atoms with van der Waals surface area (Å²) >= 11 is 1.35. The number of hydrogen-bond acceptors (Lipinski definition) is 6. The number of benzene rings is 2. The first-order valence-corrected chi connectivity index (χ1v) is 12.8. The van der Waals surface area contributed by atoms with E-state index in [1.165, 1.54) is 16.1 Å². The number of carbonyl (C=O) groups excluding carboxylic acids is 1. The Labute approximate surface area is 193 Å². The molecule has 1 unspecified atom stereocenters. The molecule has 1 atom stereocenters. The van der Waals surface area contributed by atoms with Crippen LogP contribution in [-0.2, 0) is 14.8 Å². The van der Waals surface area contributed by atoms with Crippen molar-refractivity contribution < 1.29 is 13.2 Å². The summed E-state index contributed by atoms with van der Waals surface area (Å²) in [5.41, 5.74) is 3.19. The van der Waals surface area contributed by atoms with E-state index >= 15 is 0 Å². The van der Waals surface area contributed by atoms with E-state index in [9.17, 15) is 13.2 Å². The van der Waals surface area contributed by atoms with Crippen LogP contribution >= 0.6 is 11.8 Å². The van der Waals surface area contributed by atoms with Gasteiger partial charge in [-0.1, -0.05) is 36.5 Å². The molecule has 1 saturated heterocycles. The number of hydrogen-bond donors (Lipinski definition) is 1. The van der Waals surface area contributed by atoms with Gasteiger partial charge in [0.1, 0.15) is 0 Å². The van der Waals surface area contributed by atoms with Gasteiger partial charge in [0.2, 0.25) is 15.9 Å². The number of amides is 1. The Morgan fingerprint density at radius 3 is 2.47 bits per heavy atom. The van der Waals surface area contributed by atoms with E-state index in [-0.39, 0.29) is 10.8 Å². The molecule has 0 spiro atoms. The molecule has 1 amide bonds. The van der Waals surface area contributed by atoms with E-state index in [1.54, 1.807) is 24.3 Å². The molecule has 0 aromatic heterocycles. The molecule has 2 aliphatic rings. The van der Waals surface area contributed by atoms with Crippen LogP contribution in [0.5, 0.6) is 0 Å². The average Bonchev–Trinajstić information content (AvgIpc) is 3.33. The predicted molar refractivity (Wildman–Crippen MR) is 130 cm³/mol. The highest BCUT2D eigenvalue weighted by Gasteiger charge is 2.28. The van der Waals surface area contributed by atoms with Gasteiger partial charge in [-0.3, -0.25) is 4.79 Å². The second-order valence-electron chi connectivity index (χ2n) is 7.80. The van der Waals surface area contributed by atoms with Gasteiger partial charge in [-0.25, -0.2) is 13.4 Å². The van der Waals surface area contributed by atoms with Crippen molar-refractivity contribution in [3.05, 3.63) is 60.7 Å². The summed E-state index contributed by atoms with van der Waals surface area (Å²) in [6.45, 7) is 7.07. The second-order valence-corrected chi connectivity index (χ2v) is 11.0. The number of nitrogens with zero attached hydrogens (tertiary/aromatic N) is 3. The molecule has 2 heterocycles. The Hall–Kier alpha value is -2.62. The number of carbonyl (C=O) groups is 1. The molecule has 2 aromatic rings. The van der Waals surface area contributed by atoms with Crippen LogP contribution in [0, 0.1) is 0 Å². The molecule has 1 N–H and O–H groups in total. The maximum absolute atomic E-state index is 12.8. The van der Waals surface area contributed by atoms with Gasteiger partial charge in [0.25, 0.3) is 0 Å². The fraction of sp³-hybridized carbons (Fsp3) is 0.304. The molecule has 0 saturated carbocycles. The highest BCUT2D eigenvalue weighted by molar-refractivity contribution is 8.14. The van der Waals surface area contributed by atoms with Crippen molar-refractivity contribution in [2.45, 2.75) is 29.9 Å². The summed E-state index contributed by atoms with van der Waals surface area (Å²) < 4.78 is 26.8. The van der Waals surface area contributed by atoms with Gasteiger partial charge in [0.15, 0.2) is 5.17 Å². The number of fused-ring (bicyclic) bond motifs is 1.